The van der Waals surface area contributed by atoms with E-state index in [0.717, 1.165) is 36.4 Å². The minimum atomic E-state index is -4.64. The first-order chi connectivity index (χ1) is 11.0. The second-order valence-electron chi connectivity index (χ2n) is 4.62. The summed E-state index contributed by atoms with van der Waals surface area (Å²) < 4.78 is 64.4. The van der Waals surface area contributed by atoms with Crippen molar-refractivity contribution in [2.24, 2.45) is 0 Å². The number of nitrogens with one attached hydrogen (secondary N) is 1. The first-order valence-corrected chi connectivity index (χ1v) is 8.08. The Hall–Kier alpha value is -2.26. The third kappa shape index (κ3) is 3.98. The minimum absolute atomic E-state index is 0.292. The van der Waals surface area contributed by atoms with Crippen molar-refractivity contribution >= 4 is 33.3 Å². The minimum Gasteiger partial charge on any atom is -0.545 e. The van der Waals surface area contributed by atoms with Crippen LogP contribution in [0.1, 0.15) is 15.9 Å². The number of carboxylic acid groups (broad SMARTS) is 1. The molecule has 0 spiro atoms. The van der Waals surface area contributed by atoms with Crippen LogP contribution in [0.5, 0.6) is 0 Å². The highest BCUT2D eigenvalue weighted by Gasteiger charge is 2.31. The maximum atomic E-state index is 12.7. The molecule has 0 saturated heterocycles. The van der Waals surface area contributed by atoms with Gasteiger partial charge in [0.1, 0.15) is 4.90 Å². The number of aromatic carboxylic acids is 1. The largest absolute Gasteiger partial charge is 0.545 e. The van der Waals surface area contributed by atoms with Gasteiger partial charge in [0.25, 0.3) is 10.0 Å². The van der Waals surface area contributed by atoms with Gasteiger partial charge in [0.05, 0.1) is 16.6 Å². The number of sulfonamides is 1. The maximum Gasteiger partial charge on any atom is 0.416 e. The zero-order chi connectivity index (χ0) is 18.1. The summed E-state index contributed by atoms with van der Waals surface area (Å²) in [4.78, 5) is 10.2. The van der Waals surface area contributed by atoms with Gasteiger partial charge in [-0.3, -0.25) is 4.72 Å². The van der Waals surface area contributed by atoms with Crippen molar-refractivity contribution in [3.8, 4) is 0 Å². The summed E-state index contributed by atoms with van der Waals surface area (Å²) in [6.45, 7) is 0. The fraction of sp³-hybridized carbons (Fsp3) is 0.0714. The number of anilines is 1. The van der Waals surface area contributed by atoms with Crippen LogP contribution in [0.2, 0.25) is 5.02 Å². The van der Waals surface area contributed by atoms with Crippen molar-refractivity contribution in [2.75, 3.05) is 4.72 Å². The van der Waals surface area contributed by atoms with E-state index < -0.39 is 38.2 Å². The molecule has 0 heterocycles. The second kappa shape index (κ2) is 6.33. The molecule has 5 nitrogen and oxygen atoms in total. The molecule has 0 aliphatic rings. The van der Waals surface area contributed by atoms with Crippen LogP contribution in [-0.4, -0.2) is 14.4 Å². The average molecular weight is 379 g/mol. The van der Waals surface area contributed by atoms with E-state index >= 15 is 0 Å². The zero-order valence-electron chi connectivity index (χ0n) is 11.6. The van der Waals surface area contributed by atoms with E-state index in [0.29, 0.717) is 6.07 Å². The molecule has 0 amide bonds. The zero-order valence-corrected chi connectivity index (χ0v) is 13.2. The topological polar surface area (TPSA) is 86.3 Å². The number of carbonyl (C=O) groups is 1. The lowest BCUT2D eigenvalue weighted by Crippen LogP contribution is -2.23. The Balaban J connectivity index is 2.43. The van der Waals surface area contributed by atoms with Gasteiger partial charge in [-0.1, -0.05) is 23.7 Å². The Morgan fingerprint density at radius 3 is 2.38 bits per heavy atom. The molecule has 0 radical (unpaired) electrons. The predicted octanol–water partition coefficient (Wildman–Crippen LogP) is 2.52. The summed E-state index contributed by atoms with van der Waals surface area (Å²) in [5.74, 6) is -1.62. The number of halogens is 4. The third-order valence-electron chi connectivity index (χ3n) is 2.90. The molecule has 2 aromatic carbocycles. The lowest BCUT2D eigenvalue weighted by atomic mass is 10.2. The van der Waals surface area contributed by atoms with E-state index in [1.54, 1.807) is 0 Å². The molecule has 24 heavy (non-hydrogen) atoms. The van der Waals surface area contributed by atoms with E-state index in [2.05, 4.69) is 0 Å². The van der Waals surface area contributed by atoms with Crippen LogP contribution < -0.4 is 9.83 Å². The van der Waals surface area contributed by atoms with Crippen LogP contribution in [0, 0.1) is 0 Å². The third-order valence-corrected chi connectivity index (χ3v) is 4.76. The highest BCUT2D eigenvalue weighted by Crippen LogP contribution is 2.31. The smallest absolute Gasteiger partial charge is 0.416 e. The Morgan fingerprint density at radius 1 is 1.12 bits per heavy atom. The summed E-state index contributed by atoms with van der Waals surface area (Å²) in [5.41, 5.74) is -1.83. The number of benzene rings is 2. The number of rotatable bonds is 4. The fourth-order valence-electron chi connectivity index (χ4n) is 1.81. The molecule has 0 unspecified atom stereocenters. The van der Waals surface area contributed by atoms with Crippen molar-refractivity contribution < 1.29 is 31.5 Å². The maximum absolute atomic E-state index is 12.7. The summed E-state index contributed by atoms with van der Waals surface area (Å²) in [5, 5.41) is 10.5. The Labute approximate surface area is 139 Å². The molecule has 2 rings (SSSR count). The highest BCUT2D eigenvalue weighted by molar-refractivity contribution is 7.92. The van der Waals surface area contributed by atoms with Gasteiger partial charge in [0, 0.05) is 5.69 Å². The van der Waals surface area contributed by atoms with Crippen LogP contribution in [0.25, 0.3) is 0 Å². The van der Waals surface area contributed by atoms with Gasteiger partial charge in [0.15, 0.2) is 0 Å². The summed E-state index contributed by atoms with van der Waals surface area (Å²) >= 11 is 5.74. The van der Waals surface area contributed by atoms with Gasteiger partial charge >= 0.3 is 6.18 Å². The Bertz CT molecular complexity index is 897. The second-order valence-corrected chi connectivity index (χ2v) is 6.67. The molecule has 0 bridgehead atoms. The van der Waals surface area contributed by atoms with Crippen LogP contribution in [0.15, 0.2) is 47.4 Å². The molecule has 1 N–H and O–H groups in total. The molecule has 0 aliphatic heterocycles. The van der Waals surface area contributed by atoms with Crippen LogP contribution >= 0.6 is 11.6 Å². The average Bonchev–Trinajstić information content (AvgIpc) is 2.46. The monoisotopic (exact) mass is 378 g/mol. The molecule has 0 fully saturated rings. The standard InChI is InChI=1S/C14H9ClF3NO4S/c15-11-5-4-8(13(20)21)6-12(11)24(22,23)19-10-3-1-2-9(7-10)14(16,17)18/h1-7,19H,(H,20,21)/p-1. The lowest BCUT2D eigenvalue weighted by Gasteiger charge is -2.13. The molecule has 0 aromatic heterocycles. The first-order valence-electron chi connectivity index (χ1n) is 6.22. The van der Waals surface area contributed by atoms with E-state index in [-0.39, 0.29) is 10.7 Å². The Kier molecular flexibility index (Phi) is 4.77. The number of alkyl halides is 3. The molecular formula is C14H8ClF3NO4S-. The van der Waals surface area contributed by atoms with Crippen LogP contribution in [0.3, 0.4) is 0 Å². The van der Waals surface area contributed by atoms with E-state index in [1.807, 2.05) is 4.72 Å². The predicted molar refractivity (Wildman–Crippen MR) is 78.0 cm³/mol. The van der Waals surface area contributed by atoms with Crippen molar-refractivity contribution in [3.63, 3.8) is 0 Å². The number of hydrogen-bond donors (Lipinski definition) is 1. The summed E-state index contributed by atoms with van der Waals surface area (Å²) in [7, 11) is -4.40. The normalized spacial score (nSPS) is 12.0. The van der Waals surface area contributed by atoms with Gasteiger partial charge in [-0.25, -0.2) is 8.42 Å². The molecule has 2 aromatic rings. The number of carboxylic acids is 1. The van der Waals surface area contributed by atoms with E-state index in [9.17, 15) is 31.5 Å². The number of hydrogen-bond acceptors (Lipinski definition) is 4. The molecule has 0 atom stereocenters. The van der Waals surface area contributed by atoms with Crippen LogP contribution in [-0.2, 0) is 16.2 Å². The van der Waals surface area contributed by atoms with Gasteiger partial charge < -0.3 is 9.90 Å². The summed E-state index contributed by atoms with van der Waals surface area (Å²) in [6.07, 6.45) is -4.64. The molecule has 128 valence electrons. The van der Waals surface area contributed by atoms with Gasteiger partial charge in [-0.15, -0.1) is 0 Å². The highest BCUT2D eigenvalue weighted by atomic mass is 35.5. The van der Waals surface area contributed by atoms with Crippen LogP contribution in [0.4, 0.5) is 18.9 Å². The van der Waals surface area contributed by atoms with Crippen molar-refractivity contribution in [1.82, 2.24) is 0 Å². The first kappa shape index (κ1) is 18.1. The molecule has 10 heteroatoms. The quantitative estimate of drug-likeness (QED) is 0.885. The lowest BCUT2D eigenvalue weighted by molar-refractivity contribution is -0.255. The van der Waals surface area contributed by atoms with Crippen molar-refractivity contribution in [1.29, 1.82) is 0 Å². The van der Waals surface area contributed by atoms with Crippen molar-refractivity contribution in [3.05, 3.63) is 58.6 Å². The van der Waals surface area contributed by atoms with Gasteiger partial charge in [-0.2, -0.15) is 13.2 Å². The fourth-order valence-corrected chi connectivity index (χ4v) is 3.38. The van der Waals surface area contributed by atoms with Crippen molar-refractivity contribution in [2.45, 2.75) is 11.1 Å². The van der Waals surface area contributed by atoms with Gasteiger partial charge in [-0.05, 0) is 35.9 Å². The van der Waals surface area contributed by atoms with E-state index in [1.165, 1.54) is 0 Å². The molecule has 0 saturated carbocycles. The molecule has 0 aliphatic carbocycles. The van der Waals surface area contributed by atoms with Gasteiger partial charge in [0.2, 0.25) is 0 Å². The Morgan fingerprint density at radius 2 is 1.79 bits per heavy atom. The van der Waals surface area contributed by atoms with E-state index in [4.69, 9.17) is 11.6 Å². The number of carbonyl (C=O) groups excluding carboxylic acids is 1. The SMILES string of the molecule is O=C([O-])c1ccc(Cl)c(S(=O)(=O)Nc2cccc(C(F)(F)F)c2)c1. The molecular weight excluding hydrogens is 371 g/mol. The summed E-state index contributed by atoms with van der Waals surface area (Å²) in [6, 6.07) is 6.36.